The summed E-state index contributed by atoms with van der Waals surface area (Å²) in [6, 6.07) is 14.9. The molecule has 0 saturated carbocycles. The average Bonchev–Trinajstić information content (AvgIpc) is 3.07. The normalized spacial score (nSPS) is 14.4. The van der Waals surface area contributed by atoms with Gasteiger partial charge in [0.2, 0.25) is 0 Å². The fourth-order valence-corrected chi connectivity index (χ4v) is 4.98. The molecular weight excluding hydrogens is 294 g/mol. The molecule has 0 fully saturated rings. The van der Waals surface area contributed by atoms with Crippen molar-refractivity contribution < 1.29 is 8.42 Å². The second-order valence-corrected chi connectivity index (χ2v) is 7.67. The lowest BCUT2D eigenvalue weighted by atomic mass is 10.1. The SMILES string of the molecule is Cc1ccc(S(=O)(=O)n2c3c(c4ccccc42)CCC3)cc1. The van der Waals surface area contributed by atoms with Crippen molar-refractivity contribution in [3.8, 4) is 0 Å². The van der Waals surface area contributed by atoms with Gasteiger partial charge in [-0.2, -0.15) is 0 Å². The number of fused-ring (bicyclic) bond motifs is 3. The molecule has 0 atom stereocenters. The minimum absolute atomic E-state index is 0.355. The Hall–Kier alpha value is -2.07. The van der Waals surface area contributed by atoms with Crippen LogP contribution in [0.4, 0.5) is 0 Å². The Kier molecular flexibility index (Phi) is 2.91. The van der Waals surface area contributed by atoms with Gasteiger partial charge in [0.05, 0.1) is 10.4 Å². The van der Waals surface area contributed by atoms with Crippen LogP contribution in [0.15, 0.2) is 53.4 Å². The molecule has 0 saturated heterocycles. The summed E-state index contributed by atoms with van der Waals surface area (Å²) in [4.78, 5) is 0.355. The maximum Gasteiger partial charge on any atom is 0.268 e. The van der Waals surface area contributed by atoms with Crippen LogP contribution in [0.2, 0.25) is 0 Å². The van der Waals surface area contributed by atoms with E-state index in [1.807, 2.05) is 43.3 Å². The Morgan fingerprint density at radius 1 is 0.955 bits per heavy atom. The predicted octanol–water partition coefficient (Wildman–Crippen LogP) is 3.68. The molecule has 0 unspecified atom stereocenters. The third-order valence-electron chi connectivity index (χ3n) is 4.44. The molecule has 0 amide bonds. The van der Waals surface area contributed by atoms with Crippen LogP contribution in [0.25, 0.3) is 10.9 Å². The van der Waals surface area contributed by atoms with E-state index in [0.29, 0.717) is 4.90 Å². The summed E-state index contributed by atoms with van der Waals surface area (Å²) >= 11 is 0. The highest BCUT2D eigenvalue weighted by Gasteiger charge is 2.28. The molecule has 1 aromatic heterocycles. The van der Waals surface area contributed by atoms with Crippen LogP contribution >= 0.6 is 0 Å². The zero-order chi connectivity index (χ0) is 15.3. The fraction of sp³-hybridized carbons (Fsp3) is 0.222. The molecule has 4 heteroatoms. The summed E-state index contributed by atoms with van der Waals surface area (Å²) in [5.41, 5.74) is 4.02. The van der Waals surface area contributed by atoms with E-state index >= 15 is 0 Å². The van der Waals surface area contributed by atoms with Gasteiger partial charge in [-0.25, -0.2) is 12.4 Å². The van der Waals surface area contributed by atoms with Gasteiger partial charge in [-0.1, -0.05) is 35.9 Å². The standard InChI is InChI=1S/C18H17NO2S/c1-13-9-11-14(12-10-13)22(20,21)19-17-7-3-2-5-15(17)16-6-4-8-18(16)19/h2-3,5,7,9-12H,4,6,8H2,1H3. The zero-order valence-corrected chi connectivity index (χ0v) is 13.2. The second kappa shape index (κ2) is 4.71. The number of rotatable bonds is 2. The maximum atomic E-state index is 13.1. The van der Waals surface area contributed by atoms with Crippen molar-refractivity contribution in [3.63, 3.8) is 0 Å². The van der Waals surface area contributed by atoms with Crippen LogP contribution in [-0.2, 0) is 22.9 Å². The first-order valence-electron chi connectivity index (χ1n) is 7.52. The second-order valence-electron chi connectivity index (χ2n) is 5.88. The van der Waals surface area contributed by atoms with Gasteiger partial charge < -0.3 is 0 Å². The molecular formula is C18H17NO2S. The van der Waals surface area contributed by atoms with Crippen molar-refractivity contribution in [1.29, 1.82) is 0 Å². The number of para-hydroxylation sites is 1. The van der Waals surface area contributed by atoms with E-state index in [1.165, 1.54) is 5.56 Å². The first-order chi connectivity index (χ1) is 10.6. The van der Waals surface area contributed by atoms with Gasteiger partial charge in [0.25, 0.3) is 10.0 Å². The minimum atomic E-state index is -3.55. The van der Waals surface area contributed by atoms with Gasteiger partial charge in [-0.05, 0) is 49.9 Å². The Bertz CT molecular complexity index is 966. The number of nitrogens with zero attached hydrogens (tertiary/aromatic N) is 1. The highest BCUT2D eigenvalue weighted by Crippen LogP contribution is 2.35. The summed E-state index contributed by atoms with van der Waals surface area (Å²) in [5, 5.41) is 1.07. The van der Waals surface area contributed by atoms with E-state index in [0.717, 1.165) is 41.4 Å². The van der Waals surface area contributed by atoms with Crippen LogP contribution < -0.4 is 0 Å². The first-order valence-corrected chi connectivity index (χ1v) is 8.96. The van der Waals surface area contributed by atoms with Gasteiger partial charge in [-0.15, -0.1) is 0 Å². The number of hydrogen-bond donors (Lipinski definition) is 0. The number of aromatic nitrogens is 1. The molecule has 0 radical (unpaired) electrons. The molecule has 3 nitrogen and oxygen atoms in total. The van der Waals surface area contributed by atoms with E-state index in [-0.39, 0.29) is 0 Å². The average molecular weight is 311 g/mol. The molecule has 0 aliphatic heterocycles. The van der Waals surface area contributed by atoms with E-state index in [4.69, 9.17) is 0 Å². The molecule has 3 aromatic rings. The zero-order valence-electron chi connectivity index (χ0n) is 12.4. The van der Waals surface area contributed by atoms with Gasteiger partial charge in [-0.3, -0.25) is 0 Å². The molecule has 1 heterocycles. The molecule has 0 N–H and O–H groups in total. The van der Waals surface area contributed by atoms with Gasteiger partial charge >= 0.3 is 0 Å². The smallest absolute Gasteiger partial charge is 0.238 e. The van der Waals surface area contributed by atoms with Crippen molar-refractivity contribution in [1.82, 2.24) is 3.97 Å². The summed E-state index contributed by atoms with van der Waals surface area (Å²) in [5.74, 6) is 0. The summed E-state index contributed by atoms with van der Waals surface area (Å²) in [7, 11) is -3.55. The van der Waals surface area contributed by atoms with Crippen molar-refractivity contribution >= 4 is 20.9 Å². The third-order valence-corrected chi connectivity index (χ3v) is 6.21. The lowest BCUT2D eigenvalue weighted by Gasteiger charge is -2.11. The third kappa shape index (κ3) is 1.83. The summed E-state index contributed by atoms with van der Waals surface area (Å²) in [6.45, 7) is 1.96. The fourth-order valence-electron chi connectivity index (χ4n) is 3.38. The number of benzene rings is 2. The van der Waals surface area contributed by atoms with Crippen molar-refractivity contribution in [3.05, 3.63) is 65.4 Å². The van der Waals surface area contributed by atoms with Crippen molar-refractivity contribution in [2.75, 3.05) is 0 Å². The highest BCUT2D eigenvalue weighted by atomic mass is 32.2. The van der Waals surface area contributed by atoms with E-state index in [2.05, 4.69) is 0 Å². The minimum Gasteiger partial charge on any atom is -0.238 e. The molecule has 4 rings (SSSR count). The topological polar surface area (TPSA) is 39.1 Å². The van der Waals surface area contributed by atoms with Crippen LogP contribution in [-0.4, -0.2) is 12.4 Å². The largest absolute Gasteiger partial charge is 0.268 e. The van der Waals surface area contributed by atoms with Gasteiger partial charge in [0.1, 0.15) is 0 Å². The molecule has 0 bridgehead atoms. The Labute approximate surface area is 130 Å². The van der Waals surface area contributed by atoms with Crippen LogP contribution in [0.5, 0.6) is 0 Å². The van der Waals surface area contributed by atoms with Crippen molar-refractivity contribution in [2.24, 2.45) is 0 Å². The number of hydrogen-bond acceptors (Lipinski definition) is 2. The van der Waals surface area contributed by atoms with Crippen LogP contribution in [0.3, 0.4) is 0 Å². The van der Waals surface area contributed by atoms with Gasteiger partial charge in [0, 0.05) is 11.1 Å². The van der Waals surface area contributed by atoms with Gasteiger partial charge in [0.15, 0.2) is 0 Å². The van der Waals surface area contributed by atoms with E-state index in [9.17, 15) is 8.42 Å². The first kappa shape index (κ1) is 13.6. The highest BCUT2D eigenvalue weighted by molar-refractivity contribution is 7.90. The van der Waals surface area contributed by atoms with Crippen LogP contribution in [0, 0.1) is 6.92 Å². The van der Waals surface area contributed by atoms with Crippen molar-refractivity contribution in [2.45, 2.75) is 31.1 Å². The quantitative estimate of drug-likeness (QED) is 0.724. The number of aryl methyl sites for hydroxylation is 2. The molecule has 112 valence electrons. The summed E-state index contributed by atoms with van der Waals surface area (Å²) < 4.78 is 27.9. The molecule has 22 heavy (non-hydrogen) atoms. The van der Waals surface area contributed by atoms with Crippen LogP contribution in [0.1, 0.15) is 23.2 Å². The molecule has 1 aliphatic carbocycles. The maximum absolute atomic E-state index is 13.1. The molecule has 2 aromatic carbocycles. The predicted molar refractivity (Wildman–Crippen MR) is 87.7 cm³/mol. The van der Waals surface area contributed by atoms with E-state index in [1.54, 1.807) is 16.1 Å². The van der Waals surface area contributed by atoms with E-state index < -0.39 is 10.0 Å². The Morgan fingerprint density at radius 2 is 1.68 bits per heavy atom. The summed E-state index contributed by atoms with van der Waals surface area (Å²) in [6.07, 6.45) is 2.82. The lowest BCUT2D eigenvalue weighted by molar-refractivity contribution is 0.587. The molecule has 0 spiro atoms. The Morgan fingerprint density at radius 3 is 2.45 bits per heavy atom. The molecule has 1 aliphatic rings. The monoisotopic (exact) mass is 311 g/mol. The Balaban J connectivity index is 2.04. The lowest BCUT2D eigenvalue weighted by Crippen LogP contribution is -2.15.